The van der Waals surface area contributed by atoms with Gasteiger partial charge in [-0.2, -0.15) is 4.99 Å². The highest BCUT2D eigenvalue weighted by atomic mass is 32.2. The van der Waals surface area contributed by atoms with Crippen molar-refractivity contribution in [2.45, 2.75) is 30.2 Å². The maximum absolute atomic E-state index is 12.0. The van der Waals surface area contributed by atoms with Gasteiger partial charge in [0.25, 0.3) is 0 Å². The van der Waals surface area contributed by atoms with E-state index in [9.17, 15) is 13.2 Å². The minimum Gasteiger partial charge on any atom is -0.224 e. The fourth-order valence-corrected chi connectivity index (χ4v) is 3.11. The first kappa shape index (κ1) is 12.0. The lowest BCUT2D eigenvalue weighted by atomic mass is 10.1. The van der Waals surface area contributed by atoms with Gasteiger partial charge in [0, 0.05) is 0 Å². The summed E-state index contributed by atoms with van der Waals surface area (Å²) >= 11 is 0. The fraction of sp³-hybridized carbons (Fsp3) is 0.417. The predicted octanol–water partition coefficient (Wildman–Crippen LogP) is 1.81. The molecule has 4 nitrogen and oxygen atoms in total. The van der Waals surface area contributed by atoms with Gasteiger partial charge in [-0.3, -0.25) is 0 Å². The Balaban J connectivity index is 2.61. The van der Waals surface area contributed by atoms with Crippen molar-refractivity contribution in [3.63, 3.8) is 0 Å². The molecule has 0 atom stereocenters. The van der Waals surface area contributed by atoms with Crippen LogP contribution in [0, 0.1) is 0 Å². The maximum Gasteiger partial charge on any atom is 0.235 e. The Morgan fingerprint density at radius 2 is 2.00 bits per heavy atom. The molecule has 1 aromatic carbocycles. The highest BCUT2D eigenvalue weighted by molar-refractivity contribution is 7.91. The standard InChI is InChI=1S/C12H13NO3S/c1-2-17(15,16)11-6-4-3-5-10(11)12(7-8-12)13-9-14/h3-6H,2,7-8H2,1H3. The number of aliphatic imine (C=N–C) groups is 1. The smallest absolute Gasteiger partial charge is 0.224 e. The molecule has 0 N–H and O–H groups in total. The van der Waals surface area contributed by atoms with Gasteiger partial charge in [-0.15, -0.1) is 0 Å². The van der Waals surface area contributed by atoms with Crippen molar-refractivity contribution in [3.05, 3.63) is 29.8 Å². The van der Waals surface area contributed by atoms with Crippen molar-refractivity contribution in [1.29, 1.82) is 0 Å². The van der Waals surface area contributed by atoms with Crippen LogP contribution in [0.15, 0.2) is 34.2 Å². The summed E-state index contributed by atoms with van der Waals surface area (Å²) in [5.74, 6) is 0.0465. The van der Waals surface area contributed by atoms with Crippen molar-refractivity contribution >= 4 is 15.9 Å². The number of carbonyl (C=O) groups excluding carboxylic acids is 1. The average Bonchev–Trinajstić information content (AvgIpc) is 3.11. The third-order valence-electron chi connectivity index (χ3n) is 3.09. The first-order valence-electron chi connectivity index (χ1n) is 5.47. The van der Waals surface area contributed by atoms with Crippen LogP contribution in [0.25, 0.3) is 0 Å². The van der Waals surface area contributed by atoms with Crippen molar-refractivity contribution in [1.82, 2.24) is 0 Å². The van der Waals surface area contributed by atoms with Gasteiger partial charge in [-0.1, -0.05) is 25.1 Å². The van der Waals surface area contributed by atoms with Crippen LogP contribution in [0.4, 0.5) is 0 Å². The number of hydrogen-bond acceptors (Lipinski definition) is 4. The molecule has 0 bridgehead atoms. The van der Waals surface area contributed by atoms with E-state index < -0.39 is 15.4 Å². The normalized spacial score (nSPS) is 17.2. The summed E-state index contributed by atoms with van der Waals surface area (Å²) in [5.41, 5.74) is -0.00850. The Bertz CT molecular complexity index is 582. The van der Waals surface area contributed by atoms with Gasteiger partial charge in [0.2, 0.25) is 6.08 Å². The first-order chi connectivity index (χ1) is 8.06. The summed E-state index contributed by atoms with van der Waals surface area (Å²) in [4.78, 5) is 14.5. The number of benzene rings is 1. The molecule has 1 aromatic rings. The molecule has 1 saturated carbocycles. The van der Waals surface area contributed by atoms with Gasteiger partial charge >= 0.3 is 0 Å². The molecule has 0 aromatic heterocycles. The van der Waals surface area contributed by atoms with Gasteiger partial charge in [0.1, 0.15) is 0 Å². The Morgan fingerprint density at radius 1 is 1.35 bits per heavy atom. The zero-order valence-electron chi connectivity index (χ0n) is 9.51. The predicted molar refractivity (Wildman–Crippen MR) is 63.2 cm³/mol. The SMILES string of the molecule is CCS(=O)(=O)c1ccccc1C1(N=C=O)CC1. The van der Waals surface area contributed by atoms with Gasteiger partial charge in [0.15, 0.2) is 9.84 Å². The highest BCUT2D eigenvalue weighted by Crippen LogP contribution is 2.51. The Kier molecular flexibility index (Phi) is 2.89. The number of nitrogens with zero attached hydrogens (tertiary/aromatic N) is 1. The lowest BCUT2D eigenvalue weighted by molar-refractivity contribution is 0.554. The van der Waals surface area contributed by atoms with E-state index >= 15 is 0 Å². The first-order valence-corrected chi connectivity index (χ1v) is 7.12. The summed E-state index contributed by atoms with van der Waals surface area (Å²) < 4.78 is 23.9. The van der Waals surface area contributed by atoms with Crippen LogP contribution in [0.3, 0.4) is 0 Å². The van der Waals surface area contributed by atoms with E-state index in [1.807, 2.05) is 0 Å². The lowest BCUT2D eigenvalue weighted by Crippen LogP contribution is -2.12. The summed E-state index contributed by atoms with van der Waals surface area (Å²) in [7, 11) is -3.28. The lowest BCUT2D eigenvalue weighted by Gasteiger charge is -2.13. The molecule has 0 amide bonds. The van der Waals surface area contributed by atoms with Crippen LogP contribution in [-0.2, 0) is 20.2 Å². The number of rotatable bonds is 4. The average molecular weight is 251 g/mol. The van der Waals surface area contributed by atoms with Crippen LogP contribution >= 0.6 is 0 Å². The van der Waals surface area contributed by atoms with E-state index in [-0.39, 0.29) is 5.75 Å². The monoisotopic (exact) mass is 251 g/mol. The summed E-state index contributed by atoms with van der Waals surface area (Å²) in [5, 5.41) is 0. The largest absolute Gasteiger partial charge is 0.235 e. The number of hydrogen-bond donors (Lipinski definition) is 0. The molecule has 0 saturated heterocycles. The molecule has 0 radical (unpaired) electrons. The van der Waals surface area contributed by atoms with Gasteiger partial charge in [-0.05, 0) is 24.5 Å². The molecule has 1 aliphatic carbocycles. The van der Waals surface area contributed by atoms with E-state index in [1.165, 1.54) is 0 Å². The molecular formula is C12H13NO3S. The van der Waals surface area contributed by atoms with E-state index in [4.69, 9.17) is 0 Å². The Hall–Kier alpha value is -1.45. The minimum atomic E-state index is -3.28. The second-order valence-corrected chi connectivity index (χ2v) is 6.38. The van der Waals surface area contributed by atoms with Gasteiger partial charge in [-0.25, -0.2) is 13.2 Å². The van der Waals surface area contributed by atoms with Gasteiger partial charge in [0.05, 0.1) is 16.2 Å². The zero-order chi connectivity index (χ0) is 12.5. The fourth-order valence-electron chi connectivity index (χ4n) is 1.92. The molecule has 0 spiro atoms. The molecular weight excluding hydrogens is 238 g/mol. The molecule has 90 valence electrons. The Morgan fingerprint density at radius 3 is 2.53 bits per heavy atom. The van der Waals surface area contributed by atoms with Crippen molar-refractivity contribution in [2.75, 3.05) is 5.75 Å². The van der Waals surface area contributed by atoms with E-state index in [0.29, 0.717) is 23.3 Å². The minimum absolute atomic E-state index is 0.0465. The quantitative estimate of drug-likeness (QED) is 0.605. The Labute approximate surface area is 100 Å². The molecule has 0 unspecified atom stereocenters. The second kappa shape index (κ2) is 4.09. The maximum atomic E-state index is 12.0. The number of sulfone groups is 1. The van der Waals surface area contributed by atoms with Crippen molar-refractivity contribution in [3.8, 4) is 0 Å². The zero-order valence-corrected chi connectivity index (χ0v) is 10.3. The third-order valence-corrected chi connectivity index (χ3v) is 4.87. The van der Waals surface area contributed by atoms with Crippen LogP contribution in [0.2, 0.25) is 0 Å². The van der Waals surface area contributed by atoms with Crippen LogP contribution in [-0.4, -0.2) is 20.3 Å². The molecule has 1 aliphatic rings. The van der Waals surface area contributed by atoms with Crippen molar-refractivity contribution in [2.24, 2.45) is 4.99 Å². The molecule has 17 heavy (non-hydrogen) atoms. The van der Waals surface area contributed by atoms with Crippen LogP contribution in [0.5, 0.6) is 0 Å². The molecule has 1 fully saturated rings. The molecule has 0 heterocycles. The van der Waals surface area contributed by atoms with Gasteiger partial charge < -0.3 is 0 Å². The van der Waals surface area contributed by atoms with Crippen molar-refractivity contribution < 1.29 is 13.2 Å². The van der Waals surface area contributed by atoms with Crippen LogP contribution < -0.4 is 0 Å². The summed E-state index contributed by atoms with van der Waals surface area (Å²) in [6, 6.07) is 6.77. The van der Waals surface area contributed by atoms with Crippen LogP contribution in [0.1, 0.15) is 25.3 Å². The summed E-state index contributed by atoms with van der Waals surface area (Å²) in [6.45, 7) is 1.61. The summed E-state index contributed by atoms with van der Waals surface area (Å²) in [6.07, 6.45) is 2.96. The second-order valence-electron chi connectivity index (χ2n) is 4.13. The highest BCUT2D eigenvalue weighted by Gasteiger charge is 2.47. The molecule has 0 aliphatic heterocycles. The molecule has 2 rings (SSSR count). The third kappa shape index (κ3) is 2.04. The number of isocyanates is 1. The molecule has 5 heteroatoms. The van der Waals surface area contributed by atoms with E-state index in [2.05, 4.69) is 4.99 Å². The van der Waals surface area contributed by atoms with E-state index in [0.717, 1.165) is 0 Å². The topological polar surface area (TPSA) is 63.6 Å². The van der Waals surface area contributed by atoms with E-state index in [1.54, 1.807) is 37.3 Å².